The van der Waals surface area contributed by atoms with Crippen molar-refractivity contribution in [3.05, 3.63) is 38.0 Å². The summed E-state index contributed by atoms with van der Waals surface area (Å²) in [4.78, 5) is 44.3. The number of thiazole rings is 1. The van der Waals surface area contributed by atoms with E-state index in [-0.39, 0.29) is 11.9 Å². The Labute approximate surface area is 172 Å². The van der Waals surface area contributed by atoms with E-state index in [4.69, 9.17) is 0 Å². The smallest absolute Gasteiger partial charge is 0.325 e. The quantitative estimate of drug-likeness (QED) is 0.703. The first-order valence-electron chi connectivity index (χ1n) is 9.01. The van der Waals surface area contributed by atoms with E-state index in [0.29, 0.717) is 6.42 Å². The highest BCUT2D eigenvalue weighted by Crippen LogP contribution is 2.27. The maximum atomic E-state index is 12.9. The van der Waals surface area contributed by atoms with E-state index in [1.807, 2.05) is 30.7 Å². The van der Waals surface area contributed by atoms with Crippen molar-refractivity contribution in [2.75, 3.05) is 0 Å². The van der Waals surface area contributed by atoms with Gasteiger partial charge in [0.25, 0.3) is 5.91 Å². The molecule has 0 aliphatic carbocycles. The molecule has 1 fully saturated rings. The zero-order valence-electron chi connectivity index (χ0n) is 16.5. The fourth-order valence-corrected chi connectivity index (χ4v) is 4.68. The monoisotopic (exact) mass is 420 g/mol. The number of carbonyl (C=O) groups is 3. The lowest BCUT2D eigenvalue weighted by atomic mass is 10.1. The molecule has 3 heterocycles. The van der Waals surface area contributed by atoms with E-state index in [1.165, 1.54) is 0 Å². The molecule has 4 amide bonds. The summed E-state index contributed by atoms with van der Waals surface area (Å²) in [5, 5.41) is 10.5. The number of rotatable bonds is 6. The van der Waals surface area contributed by atoms with Crippen molar-refractivity contribution in [3.63, 3.8) is 0 Å². The number of amides is 4. The average Bonchev–Trinajstić information content (AvgIpc) is 3.28. The second kappa shape index (κ2) is 7.63. The molecular weight excluding hydrogens is 396 g/mol. The van der Waals surface area contributed by atoms with Gasteiger partial charge < -0.3 is 10.6 Å². The summed E-state index contributed by atoms with van der Waals surface area (Å²) in [6.07, 6.45) is 0.597. The van der Waals surface area contributed by atoms with Crippen LogP contribution in [0.5, 0.6) is 0 Å². The van der Waals surface area contributed by atoms with Gasteiger partial charge in [0.2, 0.25) is 5.91 Å². The van der Waals surface area contributed by atoms with Crippen LogP contribution in [0, 0.1) is 13.8 Å². The second-order valence-corrected chi connectivity index (χ2v) is 9.51. The van der Waals surface area contributed by atoms with Gasteiger partial charge in [-0.1, -0.05) is 0 Å². The lowest BCUT2D eigenvalue weighted by Gasteiger charge is -2.24. The van der Waals surface area contributed by atoms with Crippen LogP contribution in [-0.4, -0.2) is 39.3 Å². The highest BCUT2D eigenvalue weighted by Gasteiger charge is 2.48. The Bertz CT molecular complexity index is 885. The normalized spacial score (nSPS) is 18.1. The minimum absolute atomic E-state index is 0.323. The van der Waals surface area contributed by atoms with Crippen LogP contribution < -0.4 is 10.6 Å². The Balaban J connectivity index is 1.80. The van der Waals surface area contributed by atoms with Crippen LogP contribution in [0.15, 0.2) is 16.8 Å². The van der Waals surface area contributed by atoms with Gasteiger partial charge in [0.1, 0.15) is 16.6 Å². The van der Waals surface area contributed by atoms with E-state index in [1.54, 1.807) is 43.4 Å². The number of hydrogen-bond donors (Lipinski definition) is 2. The molecule has 1 saturated heterocycles. The highest BCUT2D eigenvalue weighted by atomic mass is 32.1. The summed E-state index contributed by atoms with van der Waals surface area (Å²) in [7, 11) is 0. The summed E-state index contributed by atoms with van der Waals surface area (Å²) in [6, 6.07) is 0.227. The third kappa shape index (κ3) is 3.95. The summed E-state index contributed by atoms with van der Waals surface area (Å²) >= 11 is 3.14. The number of hydrogen-bond acceptors (Lipinski definition) is 6. The molecule has 9 heteroatoms. The van der Waals surface area contributed by atoms with Crippen molar-refractivity contribution in [2.24, 2.45) is 0 Å². The SMILES string of the molecule is Cc1nc(C(Cc2ccsc2)NC(=O)C(C)N2C(=O)NC(C)(C)C2=O)sc1C. The molecule has 2 aromatic heterocycles. The number of urea groups is 1. The lowest BCUT2D eigenvalue weighted by molar-refractivity contribution is -0.137. The van der Waals surface area contributed by atoms with Gasteiger partial charge >= 0.3 is 6.03 Å². The molecule has 150 valence electrons. The van der Waals surface area contributed by atoms with E-state index >= 15 is 0 Å². The number of thiophene rings is 1. The van der Waals surface area contributed by atoms with Crippen LogP contribution in [-0.2, 0) is 16.0 Å². The van der Waals surface area contributed by atoms with Crippen molar-refractivity contribution in [2.45, 2.75) is 58.7 Å². The molecule has 7 nitrogen and oxygen atoms in total. The predicted octanol–water partition coefficient (Wildman–Crippen LogP) is 2.94. The van der Waals surface area contributed by atoms with Gasteiger partial charge in [-0.15, -0.1) is 11.3 Å². The van der Waals surface area contributed by atoms with Gasteiger partial charge in [-0.05, 0) is 57.0 Å². The van der Waals surface area contributed by atoms with Gasteiger partial charge in [-0.25, -0.2) is 14.7 Å². The van der Waals surface area contributed by atoms with Gasteiger partial charge in [-0.3, -0.25) is 9.59 Å². The number of carbonyl (C=O) groups excluding carboxylic acids is 3. The third-order valence-electron chi connectivity index (χ3n) is 4.84. The van der Waals surface area contributed by atoms with Crippen LogP contribution in [0.1, 0.15) is 48.0 Å². The summed E-state index contributed by atoms with van der Waals surface area (Å²) in [5.74, 6) is -0.789. The first-order chi connectivity index (χ1) is 13.1. The molecule has 2 unspecified atom stereocenters. The first kappa shape index (κ1) is 20.5. The lowest BCUT2D eigenvalue weighted by Crippen LogP contribution is -2.50. The Morgan fingerprint density at radius 1 is 1.36 bits per heavy atom. The maximum absolute atomic E-state index is 12.9. The molecule has 0 radical (unpaired) electrons. The minimum atomic E-state index is -1.01. The van der Waals surface area contributed by atoms with Gasteiger partial charge in [0.15, 0.2) is 0 Å². The zero-order chi connectivity index (χ0) is 20.6. The predicted molar refractivity (Wildman–Crippen MR) is 109 cm³/mol. The number of aryl methyl sites for hydroxylation is 2. The van der Waals surface area contributed by atoms with Crippen LogP contribution in [0.4, 0.5) is 4.79 Å². The molecule has 2 N–H and O–H groups in total. The van der Waals surface area contributed by atoms with Gasteiger partial charge in [0.05, 0.1) is 11.7 Å². The largest absolute Gasteiger partial charge is 0.345 e. The Morgan fingerprint density at radius 3 is 2.57 bits per heavy atom. The molecule has 0 bridgehead atoms. The first-order valence-corrected chi connectivity index (χ1v) is 10.8. The van der Waals surface area contributed by atoms with Crippen LogP contribution in [0.2, 0.25) is 0 Å². The molecular formula is C19H24N4O3S2. The Kier molecular flexibility index (Phi) is 5.58. The van der Waals surface area contributed by atoms with Crippen LogP contribution >= 0.6 is 22.7 Å². The number of aromatic nitrogens is 1. The molecule has 0 saturated carbocycles. The number of nitrogens with zero attached hydrogens (tertiary/aromatic N) is 2. The standard InChI is InChI=1S/C19H24N4O3S2/c1-10-12(3)28-16(20-10)14(8-13-6-7-27-9-13)21-15(24)11(2)23-17(25)19(4,5)22-18(23)26/h6-7,9,11,14H,8H2,1-5H3,(H,21,24)(H,22,26). The van der Waals surface area contributed by atoms with E-state index in [0.717, 1.165) is 26.0 Å². The summed E-state index contributed by atoms with van der Waals surface area (Å²) in [5.41, 5.74) is 1.03. The summed E-state index contributed by atoms with van der Waals surface area (Å²) < 4.78 is 0. The molecule has 1 aliphatic rings. The molecule has 1 aliphatic heterocycles. The van der Waals surface area contributed by atoms with Crippen LogP contribution in [0.3, 0.4) is 0 Å². The van der Waals surface area contributed by atoms with Crippen molar-refractivity contribution >= 4 is 40.5 Å². The Morgan fingerprint density at radius 2 is 2.07 bits per heavy atom. The van der Waals surface area contributed by atoms with E-state index in [9.17, 15) is 14.4 Å². The molecule has 3 rings (SSSR count). The van der Waals surface area contributed by atoms with E-state index in [2.05, 4.69) is 15.6 Å². The molecule has 28 heavy (non-hydrogen) atoms. The number of nitrogens with one attached hydrogen (secondary N) is 2. The molecule has 0 spiro atoms. The maximum Gasteiger partial charge on any atom is 0.325 e. The average molecular weight is 421 g/mol. The fraction of sp³-hybridized carbons (Fsp3) is 0.474. The molecule has 2 atom stereocenters. The van der Waals surface area contributed by atoms with Crippen molar-refractivity contribution in [1.82, 2.24) is 20.5 Å². The second-order valence-electron chi connectivity index (χ2n) is 7.50. The van der Waals surface area contributed by atoms with E-state index < -0.39 is 23.5 Å². The van der Waals surface area contributed by atoms with Crippen molar-refractivity contribution < 1.29 is 14.4 Å². The fourth-order valence-electron chi connectivity index (χ4n) is 3.03. The number of imide groups is 1. The minimum Gasteiger partial charge on any atom is -0.345 e. The van der Waals surface area contributed by atoms with Crippen molar-refractivity contribution in [1.29, 1.82) is 0 Å². The Hall–Kier alpha value is -2.26. The van der Waals surface area contributed by atoms with Crippen molar-refractivity contribution in [3.8, 4) is 0 Å². The summed E-state index contributed by atoms with van der Waals surface area (Å²) in [6.45, 7) is 8.75. The topological polar surface area (TPSA) is 91.4 Å². The molecule has 0 aromatic carbocycles. The van der Waals surface area contributed by atoms with Gasteiger partial charge in [0, 0.05) is 11.3 Å². The highest BCUT2D eigenvalue weighted by molar-refractivity contribution is 7.11. The third-order valence-corrected chi connectivity index (χ3v) is 6.76. The zero-order valence-corrected chi connectivity index (χ0v) is 18.2. The van der Waals surface area contributed by atoms with Crippen LogP contribution in [0.25, 0.3) is 0 Å². The van der Waals surface area contributed by atoms with Gasteiger partial charge in [-0.2, -0.15) is 11.3 Å². The molecule has 2 aromatic rings.